The second-order valence-electron chi connectivity index (χ2n) is 3.68. The molecule has 0 saturated heterocycles. The lowest BCUT2D eigenvalue weighted by Gasteiger charge is -2.14. The fourth-order valence-corrected chi connectivity index (χ4v) is 2.58. The van der Waals surface area contributed by atoms with Gasteiger partial charge in [-0.15, -0.1) is 11.3 Å². The van der Waals surface area contributed by atoms with E-state index in [0.717, 1.165) is 23.5 Å². The van der Waals surface area contributed by atoms with Gasteiger partial charge in [-0.3, -0.25) is 4.98 Å². The van der Waals surface area contributed by atoms with E-state index in [0.29, 0.717) is 11.1 Å². The number of hydrogen-bond acceptors (Lipinski definition) is 4. The molecule has 0 aliphatic carbocycles. The lowest BCUT2D eigenvalue weighted by atomic mass is 10.2. The molecular formula is C12H14ClN3S. The van der Waals surface area contributed by atoms with Gasteiger partial charge in [0.25, 0.3) is 0 Å². The minimum Gasteiger partial charge on any atom is -0.304 e. The van der Waals surface area contributed by atoms with Crippen molar-refractivity contribution in [3.05, 3.63) is 45.6 Å². The van der Waals surface area contributed by atoms with Crippen LogP contribution in [0, 0.1) is 0 Å². The topological polar surface area (TPSA) is 37.8 Å². The molecule has 1 N–H and O–H groups in total. The highest BCUT2D eigenvalue weighted by atomic mass is 35.5. The Morgan fingerprint density at radius 2 is 2.35 bits per heavy atom. The summed E-state index contributed by atoms with van der Waals surface area (Å²) in [6, 6.07) is 2.23. The van der Waals surface area contributed by atoms with Crippen LogP contribution in [0.15, 0.2) is 30.0 Å². The molecule has 3 nitrogen and oxygen atoms in total. The maximum absolute atomic E-state index is 6.06. The Morgan fingerprint density at radius 3 is 3.00 bits per heavy atom. The van der Waals surface area contributed by atoms with Crippen LogP contribution in [0.5, 0.6) is 0 Å². The summed E-state index contributed by atoms with van der Waals surface area (Å²) in [4.78, 5) is 8.30. The van der Waals surface area contributed by atoms with Crippen molar-refractivity contribution in [1.29, 1.82) is 0 Å². The van der Waals surface area contributed by atoms with Crippen molar-refractivity contribution in [2.75, 3.05) is 0 Å². The predicted octanol–water partition coefficient (Wildman–Crippen LogP) is 3.43. The normalized spacial score (nSPS) is 12.6. The zero-order valence-corrected chi connectivity index (χ0v) is 11.1. The summed E-state index contributed by atoms with van der Waals surface area (Å²) in [5.41, 5.74) is 1.07. The number of nitrogens with zero attached hydrogens (tertiary/aromatic N) is 2. The highest BCUT2D eigenvalue weighted by Crippen LogP contribution is 2.20. The van der Waals surface area contributed by atoms with Crippen molar-refractivity contribution >= 4 is 22.9 Å². The molecule has 0 bridgehead atoms. The Labute approximate surface area is 110 Å². The van der Waals surface area contributed by atoms with E-state index >= 15 is 0 Å². The van der Waals surface area contributed by atoms with Gasteiger partial charge in [-0.1, -0.05) is 18.5 Å². The minimum absolute atomic E-state index is 0.291. The first kappa shape index (κ1) is 12.5. The van der Waals surface area contributed by atoms with Gasteiger partial charge in [-0.05, 0) is 18.1 Å². The van der Waals surface area contributed by atoms with Crippen LogP contribution >= 0.6 is 22.9 Å². The lowest BCUT2D eigenvalue weighted by molar-refractivity contribution is 0.516. The maximum Gasteiger partial charge on any atom is 0.109 e. The zero-order chi connectivity index (χ0) is 12.1. The van der Waals surface area contributed by atoms with E-state index in [-0.39, 0.29) is 0 Å². The molecule has 0 aliphatic rings. The summed E-state index contributed by atoms with van der Waals surface area (Å²) >= 11 is 7.74. The second-order valence-corrected chi connectivity index (χ2v) is 5.01. The molecule has 1 atom stereocenters. The van der Waals surface area contributed by atoms with Crippen LogP contribution in [0.1, 0.15) is 30.0 Å². The molecule has 5 heteroatoms. The fraction of sp³-hybridized carbons (Fsp3) is 0.333. The highest BCUT2D eigenvalue weighted by molar-refractivity contribution is 7.09. The Morgan fingerprint density at radius 1 is 1.47 bits per heavy atom. The third-order valence-corrected chi connectivity index (χ3v) is 3.78. The molecular weight excluding hydrogens is 254 g/mol. The second kappa shape index (κ2) is 6.10. The van der Waals surface area contributed by atoms with Gasteiger partial charge in [-0.25, -0.2) is 4.98 Å². The number of rotatable bonds is 5. The summed E-state index contributed by atoms with van der Waals surface area (Å²) in [6.07, 6.45) is 6.27. The average molecular weight is 268 g/mol. The van der Waals surface area contributed by atoms with Gasteiger partial charge in [-0.2, -0.15) is 0 Å². The molecule has 1 unspecified atom stereocenters. The molecule has 2 aromatic heterocycles. The van der Waals surface area contributed by atoms with Crippen LogP contribution in [0.3, 0.4) is 0 Å². The minimum atomic E-state index is 0.291. The van der Waals surface area contributed by atoms with Crippen LogP contribution in [0.4, 0.5) is 0 Å². The molecule has 0 saturated carbocycles. The summed E-state index contributed by atoms with van der Waals surface area (Å²) < 4.78 is 0. The van der Waals surface area contributed by atoms with Gasteiger partial charge in [0, 0.05) is 30.5 Å². The van der Waals surface area contributed by atoms with Crippen LogP contribution < -0.4 is 5.32 Å². The molecule has 90 valence electrons. The number of nitrogens with one attached hydrogen (secondary N) is 1. The molecule has 0 fully saturated rings. The van der Waals surface area contributed by atoms with Gasteiger partial charge in [0.2, 0.25) is 0 Å². The van der Waals surface area contributed by atoms with Gasteiger partial charge in [0.15, 0.2) is 0 Å². The first-order valence-corrected chi connectivity index (χ1v) is 6.78. The van der Waals surface area contributed by atoms with Crippen LogP contribution in [0.2, 0.25) is 5.02 Å². The third-order valence-electron chi connectivity index (χ3n) is 2.55. The number of pyridine rings is 1. The highest BCUT2D eigenvalue weighted by Gasteiger charge is 2.11. The van der Waals surface area contributed by atoms with E-state index in [2.05, 4.69) is 22.2 Å². The van der Waals surface area contributed by atoms with E-state index in [1.807, 2.05) is 17.6 Å². The van der Waals surface area contributed by atoms with E-state index in [1.165, 1.54) is 0 Å². The Hall–Kier alpha value is -0.970. The quantitative estimate of drug-likeness (QED) is 0.902. The van der Waals surface area contributed by atoms with Gasteiger partial charge < -0.3 is 5.32 Å². The summed E-state index contributed by atoms with van der Waals surface area (Å²) in [6.45, 7) is 2.88. The first-order chi connectivity index (χ1) is 8.31. The van der Waals surface area contributed by atoms with Crippen molar-refractivity contribution in [3.8, 4) is 0 Å². The molecule has 17 heavy (non-hydrogen) atoms. The lowest BCUT2D eigenvalue weighted by Crippen LogP contribution is -2.20. The summed E-state index contributed by atoms with van der Waals surface area (Å²) in [5, 5.41) is 7.29. The molecule has 0 aromatic carbocycles. The SMILES string of the molecule is CCC(NCc1ccncc1Cl)c1nccs1. The van der Waals surface area contributed by atoms with Crippen LogP contribution in [-0.2, 0) is 6.54 Å². The number of halogens is 1. The van der Waals surface area contributed by atoms with Crippen molar-refractivity contribution < 1.29 is 0 Å². The average Bonchev–Trinajstić information content (AvgIpc) is 2.86. The van der Waals surface area contributed by atoms with Gasteiger partial charge >= 0.3 is 0 Å². The van der Waals surface area contributed by atoms with Crippen molar-refractivity contribution in [3.63, 3.8) is 0 Å². The van der Waals surface area contributed by atoms with Crippen molar-refractivity contribution in [2.45, 2.75) is 25.9 Å². The molecule has 0 aliphatic heterocycles. The Balaban J connectivity index is 2.00. The fourth-order valence-electron chi connectivity index (χ4n) is 1.59. The van der Waals surface area contributed by atoms with Crippen molar-refractivity contribution in [1.82, 2.24) is 15.3 Å². The standard InChI is InChI=1S/C12H14ClN3S/c1-2-11(12-15-5-6-17-12)16-7-9-3-4-14-8-10(9)13/h3-6,8,11,16H,2,7H2,1H3. The zero-order valence-electron chi connectivity index (χ0n) is 9.56. The summed E-state index contributed by atoms with van der Waals surface area (Å²) in [7, 11) is 0. The van der Waals surface area contributed by atoms with E-state index in [9.17, 15) is 0 Å². The maximum atomic E-state index is 6.06. The largest absolute Gasteiger partial charge is 0.304 e. The van der Waals surface area contributed by atoms with E-state index in [1.54, 1.807) is 23.7 Å². The number of thiazole rings is 1. The smallest absolute Gasteiger partial charge is 0.109 e. The van der Waals surface area contributed by atoms with Gasteiger partial charge in [0.1, 0.15) is 5.01 Å². The molecule has 0 spiro atoms. The van der Waals surface area contributed by atoms with Crippen LogP contribution in [0.25, 0.3) is 0 Å². The predicted molar refractivity (Wildman–Crippen MR) is 71.2 cm³/mol. The number of hydrogen-bond donors (Lipinski definition) is 1. The first-order valence-electron chi connectivity index (χ1n) is 5.52. The van der Waals surface area contributed by atoms with Crippen molar-refractivity contribution in [2.24, 2.45) is 0 Å². The monoisotopic (exact) mass is 267 g/mol. The molecule has 2 heterocycles. The summed E-state index contributed by atoms with van der Waals surface area (Å²) in [5.74, 6) is 0. The number of aromatic nitrogens is 2. The van der Waals surface area contributed by atoms with E-state index in [4.69, 9.17) is 11.6 Å². The van der Waals surface area contributed by atoms with Crippen LogP contribution in [-0.4, -0.2) is 9.97 Å². The third kappa shape index (κ3) is 3.25. The van der Waals surface area contributed by atoms with E-state index < -0.39 is 0 Å². The molecule has 0 radical (unpaired) electrons. The molecule has 2 aromatic rings. The Bertz CT molecular complexity index is 459. The van der Waals surface area contributed by atoms with Gasteiger partial charge in [0.05, 0.1) is 11.1 Å². The molecule has 2 rings (SSSR count). The molecule has 0 amide bonds. The Kier molecular flexibility index (Phi) is 4.48.